The highest BCUT2D eigenvalue weighted by Crippen LogP contribution is 2.21. The van der Waals surface area contributed by atoms with Crippen molar-refractivity contribution in [2.45, 2.75) is 6.42 Å². The number of hydrogen-bond donors (Lipinski definition) is 0. The molecule has 2 rings (SSSR count). The molecule has 0 radical (unpaired) electrons. The van der Waals surface area contributed by atoms with Crippen LogP contribution in [-0.4, -0.2) is 46.9 Å². The summed E-state index contributed by atoms with van der Waals surface area (Å²) in [6.45, 7) is 1.73. The molecule has 0 amide bonds. The van der Waals surface area contributed by atoms with Crippen molar-refractivity contribution in [1.82, 2.24) is 19.7 Å². The molecule has 0 spiro atoms. The number of para-hydroxylation sites is 2. The van der Waals surface area contributed by atoms with Gasteiger partial charge >= 0.3 is 0 Å². The quantitative estimate of drug-likeness (QED) is 0.726. The van der Waals surface area contributed by atoms with Crippen LogP contribution in [0.3, 0.4) is 0 Å². The molecule has 0 N–H and O–H groups in total. The van der Waals surface area contributed by atoms with Gasteiger partial charge in [0, 0.05) is 6.54 Å². The van der Waals surface area contributed by atoms with Crippen molar-refractivity contribution in [3.05, 3.63) is 36.9 Å². The molecule has 5 nitrogen and oxygen atoms in total. The minimum atomic E-state index is 0.706. The Bertz CT molecular complexity index is 468. The Hall–Kier alpha value is -1.88. The van der Waals surface area contributed by atoms with Crippen molar-refractivity contribution >= 4 is 0 Å². The summed E-state index contributed by atoms with van der Waals surface area (Å²) >= 11 is 0. The van der Waals surface area contributed by atoms with Gasteiger partial charge in [-0.25, -0.2) is 0 Å². The fourth-order valence-electron chi connectivity index (χ4n) is 1.68. The molecule has 2 aromatic rings. The fourth-order valence-corrected chi connectivity index (χ4v) is 1.68. The molecule has 0 saturated carbocycles. The Morgan fingerprint density at radius 3 is 2.61 bits per heavy atom. The molecule has 0 bridgehead atoms. The van der Waals surface area contributed by atoms with Gasteiger partial charge in [-0.1, -0.05) is 12.1 Å². The summed E-state index contributed by atoms with van der Waals surface area (Å²) in [5, 5.41) is 7.62. The van der Waals surface area contributed by atoms with Crippen LogP contribution in [0.1, 0.15) is 6.42 Å². The first-order valence-corrected chi connectivity index (χ1v) is 5.99. The highest BCUT2D eigenvalue weighted by molar-refractivity contribution is 5.46. The first kappa shape index (κ1) is 12.6. The van der Waals surface area contributed by atoms with E-state index in [1.54, 1.807) is 12.7 Å². The van der Waals surface area contributed by atoms with Gasteiger partial charge in [-0.15, -0.1) is 10.2 Å². The van der Waals surface area contributed by atoms with Crippen LogP contribution in [0.5, 0.6) is 5.75 Å². The van der Waals surface area contributed by atoms with Crippen LogP contribution in [0.25, 0.3) is 5.69 Å². The Kier molecular flexibility index (Phi) is 4.30. The summed E-state index contributed by atoms with van der Waals surface area (Å²) in [4.78, 5) is 2.15. The first-order valence-electron chi connectivity index (χ1n) is 5.99. The third-order valence-corrected chi connectivity index (χ3v) is 2.57. The second-order valence-electron chi connectivity index (χ2n) is 4.34. The molecule has 0 aliphatic heterocycles. The minimum absolute atomic E-state index is 0.706. The molecule has 0 atom stereocenters. The Morgan fingerprint density at radius 1 is 1.17 bits per heavy atom. The number of nitrogens with zero attached hydrogens (tertiary/aromatic N) is 4. The Labute approximate surface area is 107 Å². The van der Waals surface area contributed by atoms with Crippen molar-refractivity contribution in [1.29, 1.82) is 0 Å². The van der Waals surface area contributed by atoms with E-state index in [2.05, 4.69) is 29.2 Å². The molecule has 0 fully saturated rings. The average Bonchev–Trinajstić information content (AvgIpc) is 2.88. The second-order valence-corrected chi connectivity index (χ2v) is 4.34. The number of aromatic nitrogens is 3. The smallest absolute Gasteiger partial charge is 0.143 e. The highest BCUT2D eigenvalue weighted by Gasteiger charge is 2.04. The van der Waals surface area contributed by atoms with E-state index in [0.29, 0.717) is 6.61 Å². The third kappa shape index (κ3) is 3.30. The van der Waals surface area contributed by atoms with Crippen molar-refractivity contribution < 1.29 is 4.74 Å². The van der Waals surface area contributed by atoms with E-state index in [4.69, 9.17) is 4.74 Å². The maximum atomic E-state index is 5.81. The van der Waals surface area contributed by atoms with Gasteiger partial charge in [0.05, 0.1) is 12.3 Å². The Balaban J connectivity index is 2.00. The van der Waals surface area contributed by atoms with E-state index in [9.17, 15) is 0 Å². The van der Waals surface area contributed by atoms with Crippen LogP contribution < -0.4 is 4.74 Å². The summed E-state index contributed by atoms with van der Waals surface area (Å²) < 4.78 is 7.66. The third-order valence-electron chi connectivity index (χ3n) is 2.57. The molecule has 5 heteroatoms. The van der Waals surface area contributed by atoms with Gasteiger partial charge in [-0.2, -0.15) is 0 Å². The van der Waals surface area contributed by atoms with Gasteiger partial charge < -0.3 is 9.64 Å². The van der Waals surface area contributed by atoms with Crippen LogP contribution in [-0.2, 0) is 0 Å². The molecule has 1 heterocycles. The Morgan fingerprint density at radius 2 is 1.89 bits per heavy atom. The lowest BCUT2D eigenvalue weighted by molar-refractivity contribution is 0.281. The molecular formula is C13H18N4O. The topological polar surface area (TPSA) is 43.2 Å². The maximum Gasteiger partial charge on any atom is 0.143 e. The lowest BCUT2D eigenvalue weighted by atomic mass is 10.3. The molecule has 18 heavy (non-hydrogen) atoms. The molecule has 0 unspecified atom stereocenters. The summed E-state index contributed by atoms with van der Waals surface area (Å²) in [6.07, 6.45) is 4.34. The number of hydrogen-bond acceptors (Lipinski definition) is 4. The van der Waals surface area contributed by atoms with E-state index in [-0.39, 0.29) is 0 Å². The van der Waals surface area contributed by atoms with Crippen molar-refractivity contribution in [3.8, 4) is 11.4 Å². The summed E-state index contributed by atoms with van der Waals surface area (Å²) in [6, 6.07) is 7.90. The molecule has 1 aromatic heterocycles. The fraction of sp³-hybridized carbons (Fsp3) is 0.385. The average molecular weight is 246 g/mol. The zero-order valence-corrected chi connectivity index (χ0v) is 10.8. The van der Waals surface area contributed by atoms with Crippen molar-refractivity contribution in [3.63, 3.8) is 0 Å². The summed E-state index contributed by atoms with van der Waals surface area (Å²) in [5.41, 5.74) is 0.965. The lowest BCUT2D eigenvalue weighted by Gasteiger charge is -2.13. The van der Waals surface area contributed by atoms with Crippen LogP contribution >= 0.6 is 0 Å². The van der Waals surface area contributed by atoms with Crippen molar-refractivity contribution in [2.24, 2.45) is 0 Å². The lowest BCUT2D eigenvalue weighted by Crippen LogP contribution is -2.15. The molecule has 0 aliphatic carbocycles. The molecule has 0 saturated heterocycles. The van der Waals surface area contributed by atoms with Crippen LogP contribution in [0.15, 0.2) is 36.9 Å². The van der Waals surface area contributed by atoms with Crippen molar-refractivity contribution in [2.75, 3.05) is 27.2 Å². The van der Waals surface area contributed by atoms with Gasteiger partial charge in [0.25, 0.3) is 0 Å². The number of rotatable bonds is 6. The van der Waals surface area contributed by atoms with Gasteiger partial charge in [0.1, 0.15) is 18.4 Å². The number of ether oxygens (including phenoxy) is 1. The van der Waals surface area contributed by atoms with E-state index >= 15 is 0 Å². The van der Waals surface area contributed by atoms with Crippen LogP contribution in [0.4, 0.5) is 0 Å². The largest absolute Gasteiger partial charge is 0.491 e. The first-order chi connectivity index (χ1) is 8.77. The van der Waals surface area contributed by atoms with Gasteiger partial charge in [-0.05, 0) is 32.6 Å². The van der Waals surface area contributed by atoms with E-state index in [1.807, 2.05) is 28.8 Å². The van der Waals surface area contributed by atoms with Gasteiger partial charge in [-0.3, -0.25) is 4.57 Å². The minimum Gasteiger partial charge on any atom is -0.491 e. The van der Waals surface area contributed by atoms with Gasteiger partial charge in [0.15, 0.2) is 0 Å². The monoisotopic (exact) mass is 246 g/mol. The van der Waals surface area contributed by atoms with E-state index in [1.165, 1.54) is 0 Å². The summed E-state index contributed by atoms with van der Waals surface area (Å²) in [5.74, 6) is 0.857. The predicted molar refractivity (Wildman–Crippen MR) is 70.0 cm³/mol. The molecule has 0 aliphatic rings. The zero-order chi connectivity index (χ0) is 12.8. The van der Waals surface area contributed by atoms with Gasteiger partial charge in [0.2, 0.25) is 0 Å². The predicted octanol–water partition coefficient (Wildman–Crippen LogP) is 1.60. The van der Waals surface area contributed by atoms with E-state index in [0.717, 1.165) is 24.4 Å². The molecule has 96 valence electrons. The number of benzene rings is 1. The normalized spacial score (nSPS) is 10.8. The van der Waals surface area contributed by atoms with E-state index < -0.39 is 0 Å². The molecule has 1 aromatic carbocycles. The summed E-state index contributed by atoms with van der Waals surface area (Å²) in [7, 11) is 4.12. The molecular weight excluding hydrogens is 228 g/mol. The maximum absolute atomic E-state index is 5.81. The standard InChI is InChI=1S/C13H18N4O/c1-16(2)8-5-9-18-13-7-4-3-6-12(13)17-10-14-15-11-17/h3-4,6-7,10-11H,5,8-9H2,1-2H3. The van der Waals surface area contributed by atoms with Crippen LogP contribution in [0.2, 0.25) is 0 Å². The SMILES string of the molecule is CN(C)CCCOc1ccccc1-n1cnnc1. The van der Waals surface area contributed by atoms with Crippen LogP contribution in [0, 0.1) is 0 Å². The highest BCUT2D eigenvalue weighted by atomic mass is 16.5. The second kappa shape index (κ2) is 6.16. The zero-order valence-electron chi connectivity index (χ0n) is 10.8.